The molecule has 1 fully saturated rings. The minimum Gasteiger partial charge on any atom is -0.340 e. The highest BCUT2D eigenvalue weighted by atomic mass is 19.1. The second-order valence-corrected chi connectivity index (χ2v) is 4.46. The molecule has 2 rings (SSSR count). The summed E-state index contributed by atoms with van der Waals surface area (Å²) in [5, 5.41) is 0. The number of likely N-dealkylation sites (N-methyl/N-ethyl adjacent to an activating group) is 1. The van der Waals surface area contributed by atoms with Crippen molar-refractivity contribution in [2.24, 2.45) is 0 Å². The van der Waals surface area contributed by atoms with Crippen LogP contribution in [0.25, 0.3) is 0 Å². The zero-order valence-corrected chi connectivity index (χ0v) is 10.6. The Morgan fingerprint density at radius 2 is 2.06 bits per heavy atom. The Hall–Kier alpha value is -1.49. The molecule has 1 aromatic heterocycles. The molecule has 0 N–H and O–H groups in total. The number of piperazine rings is 1. The van der Waals surface area contributed by atoms with E-state index in [1.165, 1.54) is 6.07 Å². The number of nitrogens with zero attached hydrogens (tertiary/aromatic N) is 3. The van der Waals surface area contributed by atoms with Crippen LogP contribution >= 0.6 is 0 Å². The summed E-state index contributed by atoms with van der Waals surface area (Å²) in [6.45, 7) is 6.56. The number of aromatic nitrogens is 1. The van der Waals surface area contributed by atoms with Crippen molar-refractivity contribution in [3.05, 3.63) is 29.8 Å². The lowest BCUT2D eigenvalue weighted by atomic mass is 10.2. The summed E-state index contributed by atoms with van der Waals surface area (Å²) in [4.78, 5) is 20.1. The zero-order chi connectivity index (χ0) is 13.0. The van der Waals surface area contributed by atoms with Gasteiger partial charge in [-0.25, -0.2) is 4.39 Å². The summed E-state index contributed by atoms with van der Waals surface area (Å²) in [7, 11) is 0. The molecular formula is C13H18FN3O. The van der Waals surface area contributed by atoms with E-state index in [2.05, 4.69) is 16.8 Å². The molecule has 1 saturated heterocycles. The molecule has 0 bridgehead atoms. The third-order valence-electron chi connectivity index (χ3n) is 3.29. The van der Waals surface area contributed by atoms with Gasteiger partial charge in [-0.2, -0.15) is 0 Å². The smallest absolute Gasteiger partial charge is 0.228 e. The van der Waals surface area contributed by atoms with Gasteiger partial charge >= 0.3 is 0 Å². The molecule has 0 spiro atoms. The molecule has 98 valence electrons. The third kappa shape index (κ3) is 3.26. The molecule has 0 aromatic carbocycles. The number of amides is 1. The Kier molecular flexibility index (Phi) is 4.25. The van der Waals surface area contributed by atoms with Gasteiger partial charge in [0.2, 0.25) is 5.91 Å². The highest BCUT2D eigenvalue weighted by Crippen LogP contribution is 2.06. The highest BCUT2D eigenvalue weighted by molar-refractivity contribution is 5.78. The number of halogens is 1. The fraction of sp³-hybridized carbons (Fsp3) is 0.538. The van der Waals surface area contributed by atoms with Gasteiger partial charge in [0.05, 0.1) is 12.6 Å². The average Bonchev–Trinajstić information content (AvgIpc) is 2.41. The van der Waals surface area contributed by atoms with Gasteiger partial charge in [-0.15, -0.1) is 0 Å². The van der Waals surface area contributed by atoms with E-state index in [9.17, 15) is 9.18 Å². The van der Waals surface area contributed by atoms with Crippen LogP contribution in [-0.4, -0.2) is 53.4 Å². The molecular weight excluding hydrogens is 233 g/mol. The second kappa shape index (κ2) is 5.91. The second-order valence-electron chi connectivity index (χ2n) is 4.46. The van der Waals surface area contributed by atoms with Crippen LogP contribution in [0.1, 0.15) is 12.6 Å². The third-order valence-corrected chi connectivity index (χ3v) is 3.29. The summed E-state index contributed by atoms with van der Waals surface area (Å²) >= 11 is 0. The monoisotopic (exact) mass is 251 g/mol. The number of rotatable bonds is 3. The molecule has 4 nitrogen and oxygen atoms in total. The van der Waals surface area contributed by atoms with Gasteiger partial charge in [-0.3, -0.25) is 9.78 Å². The number of carbonyl (C=O) groups excluding carboxylic acids is 1. The molecule has 0 unspecified atom stereocenters. The van der Waals surface area contributed by atoms with E-state index in [4.69, 9.17) is 0 Å². The van der Waals surface area contributed by atoms with Crippen molar-refractivity contribution in [2.45, 2.75) is 13.3 Å². The van der Waals surface area contributed by atoms with Gasteiger partial charge in [0.15, 0.2) is 0 Å². The fourth-order valence-corrected chi connectivity index (χ4v) is 2.09. The molecule has 0 radical (unpaired) electrons. The minimum atomic E-state index is -0.372. The van der Waals surface area contributed by atoms with Crippen molar-refractivity contribution in [1.29, 1.82) is 0 Å². The summed E-state index contributed by atoms with van der Waals surface area (Å²) in [6, 6.07) is 2.90. The topological polar surface area (TPSA) is 36.4 Å². The van der Waals surface area contributed by atoms with Gasteiger partial charge < -0.3 is 9.80 Å². The maximum Gasteiger partial charge on any atom is 0.228 e. The van der Waals surface area contributed by atoms with Crippen LogP contribution in [0.15, 0.2) is 18.3 Å². The predicted octanol–water partition coefficient (Wildman–Crippen LogP) is 0.927. The summed E-state index contributed by atoms with van der Waals surface area (Å²) in [5.41, 5.74) is 0.624. The highest BCUT2D eigenvalue weighted by Gasteiger charge is 2.20. The van der Waals surface area contributed by atoms with Crippen molar-refractivity contribution in [3.8, 4) is 0 Å². The van der Waals surface area contributed by atoms with E-state index in [0.29, 0.717) is 5.69 Å². The van der Waals surface area contributed by atoms with Gasteiger partial charge in [-0.1, -0.05) is 6.92 Å². The van der Waals surface area contributed by atoms with E-state index in [0.717, 1.165) is 38.9 Å². The van der Waals surface area contributed by atoms with Crippen LogP contribution in [0.3, 0.4) is 0 Å². The van der Waals surface area contributed by atoms with E-state index < -0.39 is 0 Å². The lowest BCUT2D eigenvalue weighted by molar-refractivity contribution is -0.132. The van der Waals surface area contributed by atoms with Crippen molar-refractivity contribution in [3.63, 3.8) is 0 Å². The largest absolute Gasteiger partial charge is 0.340 e. The van der Waals surface area contributed by atoms with E-state index in [1.54, 1.807) is 6.07 Å². The first-order valence-electron chi connectivity index (χ1n) is 6.29. The predicted molar refractivity (Wildman–Crippen MR) is 66.6 cm³/mol. The van der Waals surface area contributed by atoms with Gasteiger partial charge in [0, 0.05) is 31.9 Å². The van der Waals surface area contributed by atoms with Crippen LogP contribution in [0.4, 0.5) is 4.39 Å². The van der Waals surface area contributed by atoms with Crippen LogP contribution in [0.2, 0.25) is 0 Å². The van der Waals surface area contributed by atoms with Gasteiger partial charge in [0.25, 0.3) is 0 Å². The summed E-state index contributed by atoms with van der Waals surface area (Å²) < 4.78 is 12.7. The molecule has 0 atom stereocenters. The van der Waals surface area contributed by atoms with E-state index >= 15 is 0 Å². The number of pyridine rings is 1. The lowest BCUT2D eigenvalue weighted by Gasteiger charge is -2.34. The first-order chi connectivity index (χ1) is 8.69. The minimum absolute atomic E-state index is 0.0739. The molecule has 1 aliphatic heterocycles. The molecule has 1 aromatic rings. The lowest BCUT2D eigenvalue weighted by Crippen LogP contribution is -2.48. The van der Waals surface area contributed by atoms with Crippen molar-refractivity contribution < 1.29 is 9.18 Å². The molecule has 1 amide bonds. The van der Waals surface area contributed by atoms with Crippen molar-refractivity contribution >= 4 is 5.91 Å². The molecule has 1 aliphatic rings. The molecule has 2 heterocycles. The first-order valence-corrected chi connectivity index (χ1v) is 6.29. The van der Waals surface area contributed by atoms with E-state index in [-0.39, 0.29) is 18.1 Å². The van der Waals surface area contributed by atoms with Gasteiger partial charge in [0.1, 0.15) is 5.82 Å². The molecule has 18 heavy (non-hydrogen) atoms. The molecule has 0 saturated carbocycles. The molecule has 5 heteroatoms. The standard InChI is InChI=1S/C13H18FN3O/c1-2-16-5-7-17(8-6-16)13(18)9-12-4-3-11(14)10-15-12/h3-4,10H,2,5-9H2,1H3. The van der Waals surface area contributed by atoms with E-state index in [1.807, 2.05) is 4.90 Å². The van der Waals surface area contributed by atoms with Crippen LogP contribution in [-0.2, 0) is 11.2 Å². The SMILES string of the molecule is CCN1CCN(C(=O)Cc2ccc(F)cn2)CC1. The number of hydrogen-bond acceptors (Lipinski definition) is 3. The Morgan fingerprint density at radius 1 is 1.33 bits per heavy atom. The zero-order valence-electron chi connectivity index (χ0n) is 10.6. The van der Waals surface area contributed by atoms with Crippen molar-refractivity contribution in [2.75, 3.05) is 32.7 Å². The number of hydrogen-bond donors (Lipinski definition) is 0. The Morgan fingerprint density at radius 3 is 2.61 bits per heavy atom. The van der Waals surface area contributed by atoms with Crippen LogP contribution in [0.5, 0.6) is 0 Å². The fourth-order valence-electron chi connectivity index (χ4n) is 2.09. The van der Waals surface area contributed by atoms with Crippen molar-refractivity contribution in [1.82, 2.24) is 14.8 Å². The van der Waals surface area contributed by atoms with Crippen LogP contribution < -0.4 is 0 Å². The maximum atomic E-state index is 12.7. The number of carbonyl (C=O) groups is 1. The first kappa shape index (κ1) is 13.0. The quantitative estimate of drug-likeness (QED) is 0.802. The maximum absolute atomic E-state index is 12.7. The Balaban J connectivity index is 1.87. The average molecular weight is 251 g/mol. The van der Waals surface area contributed by atoms with Crippen LogP contribution in [0, 0.1) is 5.82 Å². The Labute approximate surface area is 106 Å². The normalized spacial score (nSPS) is 16.9. The molecule has 0 aliphatic carbocycles. The van der Waals surface area contributed by atoms with Gasteiger partial charge in [-0.05, 0) is 18.7 Å². The Bertz CT molecular complexity index is 399. The summed E-state index contributed by atoms with van der Waals surface area (Å²) in [6.07, 6.45) is 1.41. The summed E-state index contributed by atoms with van der Waals surface area (Å²) in [5.74, 6) is -0.298.